The van der Waals surface area contributed by atoms with E-state index in [1.165, 1.54) is 9.75 Å². The zero-order chi connectivity index (χ0) is 14.7. The Hall–Kier alpha value is -1.88. The SMILES string of the molecule is Cc1ccc([N+](=O)[O-])c(NC(C)Cc2ccc(C)s2)c1. The van der Waals surface area contributed by atoms with E-state index in [0.29, 0.717) is 5.69 Å². The van der Waals surface area contributed by atoms with Crippen molar-refractivity contribution in [3.8, 4) is 0 Å². The number of rotatable bonds is 5. The Morgan fingerprint density at radius 1 is 1.30 bits per heavy atom. The van der Waals surface area contributed by atoms with Gasteiger partial charge in [-0.3, -0.25) is 10.1 Å². The van der Waals surface area contributed by atoms with E-state index in [4.69, 9.17) is 0 Å². The van der Waals surface area contributed by atoms with Crippen molar-refractivity contribution in [3.63, 3.8) is 0 Å². The van der Waals surface area contributed by atoms with Gasteiger partial charge >= 0.3 is 0 Å². The molecule has 2 aromatic rings. The van der Waals surface area contributed by atoms with Crippen LogP contribution >= 0.6 is 11.3 Å². The number of nitrogens with one attached hydrogen (secondary N) is 1. The third-order valence-electron chi connectivity index (χ3n) is 3.05. The molecular weight excluding hydrogens is 272 g/mol. The van der Waals surface area contributed by atoms with Crippen LogP contribution in [0.3, 0.4) is 0 Å². The Balaban J connectivity index is 2.12. The lowest BCUT2D eigenvalue weighted by Crippen LogP contribution is -2.18. The fraction of sp³-hybridized carbons (Fsp3) is 0.333. The van der Waals surface area contributed by atoms with Crippen LogP contribution in [0.25, 0.3) is 0 Å². The van der Waals surface area contributed by atoms with Crippen molar-refractivity contribution in [3.05, 3.63) is 55.8 Å². The van der Waals surface area contributed by atoms with Crippen molar-refractivity contribution in [2.75, 3.05) is 5.32 Å². The maximum atomic E-state index is 11.0. The van der Waals surface area contributed by atoms with Gasteiger partial charge in [0.25, 0.3) is 5.69 Å². The first-order valence-corrected chi connectivity index (χ1v) is 7.34. The highest BCUT2D eigenvalue weighted by Gasteiger charge is 2.15. The minimum Gasteiger partial charge on any atom is -0.377 e. The Bertz CT molecular complexity index is 622. The number of benzene rings is 1. The maximum Gasteiger partial charge on any atom is 0.292 e. The molecule has 20 heavy (non-hydrogen) atoms. The molecule has 0 amide bonds. The van der Waals surface area contributed by atoms with Gasteiger partial charge in [0.15, 0.2) is 0 Å². The third kappa shape index (κ3) is 3.57. The fourth-order valence-corrected chi connectivity index (χ4v) is 3.16. The first kappa shape index (κ1) is 14.5. The van der Waals surface area contributed by atoms with E-state index in [9.17, 15) is 10.1 Å². The molecule has 1 aromatic heterocycles. The van der Waals surface area contributed by atoms with Crippen molar-refractivity contribution >= 4 is 22.7 Å². The maximum absolute atomic E-state index is 11.0. The summed E-state index contributed by atoms with van der Waals surface area (Å²) < 4.78 is 0. The van der Waals surface area contributed by atoms with E-state index in [1.807, 2.05) is 19.9 Å². The molecule has 106 valence electrons. The molecule has 0 saturated carbocycles. The fourth-order valence-electron chi connectivity index (χ4n) is 2.14. The van der Waals surface area contributed by atoms with E-state index in [0.717, 1.165) is 12.0 Å². The number of hydrogen-bond acceptors (Lipinski definition) is 4. The van der Waals surface area contributed by atoms with Gasteiger partial charge in [0, 0.05) is 28.3 Å². The molecule has 0 saturated heterocycles. The van der Waals surface area contributed by atoms with E-state index >= 15 is 0 Å². The number of nitro groups is 1. The summed E-state index contributed by atoms with van der Waals surface area (Å²) >= 11 is 1.77. The summed E-state index contributed by atoms with van der Waals surface area (Å²) in [6, 6.07) is 9.50. The van der Waals surface area contributed by atoms with Crippen LogP contribution in [0.15, 0.2) is 30.3 Å². The topological polar surface area (TPSA) is 55.2 Å². The van der Waals surface area contributed by atoms with Crippen molar-refractivity contribution < 1.29 is 4.92 Å². The molecule has 0 radical (unpaired) electrons. The molecule has 1 unspecified atom stereocenters. The summed E-state index contributed by atoms with van der Waals surface area (Å²) in [5, 5.41) is 14.3. The number of thiophene rings is 1. The normalized spacial score (nSPS) is 12.2. The van der Waals surface area contributed by atoms with Gasteiger partial charge in [-0.1, -0.05) is 6.07 Å². The molecule has 1 heterocycles. The minimum absolute atomic E-state index is 0.129. The highest BCUT2D eigenvalue weighted by molar-refractivity contribution is 7.11. The van der Waals surface area contributed by atoms with E-state index in [2.05, 4.69) is 24.4 Å². The van der Waals surface area contributed by atoms with Crippen LogP contribution in [0.4, 0.5) is 11.4 Å². The lowest BCUT2D eigenvalue weighted by molar-refractivity contribution is -0.384. The van der Waals surface area contributed by atoms with Gasteiger partial charge in [0.1, 0.15) is 5.69 Å². The largest absolute Gasteiger partial charge is 0.377 e. The van der Waals surface area contributed by atoms with E-state index in [1.54, 1.807) is 23.5 Å². The highest BCUT2D eigenvalue weighted by Crippen LogP contribution is 2.27. The first-order valence-electron chi connectivity index (χ1n) is 6.52. The Kier molecular flexibility index (Phi) is 4.39. The molecule has 0 aliphatic heterocycles. The van der Waals surface area contributed by atoms with Gasteiger partial charge in [-0.15, -0.1) is 11.3 Å². The van der Waals surface area contributed by atoms with Gasteiger partial charge in [-0.05, 0) is 44.5 Å². The van der Waals surface area contributed by atoms with Crippen LogP contribution in [0, 0.1) is 24.0 Å². The van der Waals surface area contributed by atoms with Gasteiger partial charge in [-0.25, -0.2) is 0 Å². The molecular formula is C15H18N2O2S. The molecule has 0 aliphatic carbocycles. The second kappa shape index (κ2) is 6.05. The average molecular weight is 290 g/mol. The molecule has 4 nitrogen and oxygen atoms in total. The number of hydrogen-bond donors (Lipinski definition) is 1. The molecule has 0 bridgehead atoms. The van der Waals surface area contributed by atoms with E-state index < -0.39 is 0 Å². The molecule has 1 atom stereocenters. The summed E-state index contributed by atoms with van der Waals surface area (Å²) in [6.45, 7) is 6.06. The molecule has 0 fully saturated rings. The minimum atomic E-state index is -0.343. The van der Waals surface area contributed by atoms with Crippen molar-refractivity contribution in [1.82, 2.24) is 0 Å². The Morgan fingerprint density at radius 3 is 2.65 bits per heavy atom. The van der Waals surface area contributed by atoms with Crippen LogP contribution in [0.5, 0.6) is 0 Å². The lowest BCUT2D eigenvalue weighted by Gasteiger charge is -2.15. The predicted octanol–water partition coefficient (Wildman–Crippen LogP) is 4.32. The molecule has 0 aliphatic rings. The zero-order valence-corrected chi connectivity index (χ0v) is 12.7. The number of nitro benzene ring substituents is 1. The average Bonchev–Trinajstić information content (AvgIpc) is 2.74. The summed E-state index contributed by atoms with van der Waals surface area (Å²) in [4.78, 5) is 13.3. The molecule has 2 rings (SSSR count). The van der Waals surface area contributed by atoms with Gasteiger partial charge < -0.3 is 5.32 Å². The van der Waals surface area contributed by atoms with Gasteiger partial charge in [0.2, 0.25) is 0 Å². The van der Waals surface area contributed by atoms with Crippen LogP contribution < -0.4 is 5.32 Å². The summed E-state index contributed by atoms with van der Waals surface area (Å²) in [5.41, 5.74) is 1.73. The quantitative estimate of drug-likeness (QED) is 0.659. The van der Waals surface area contributed by atoms with Crippen molar-refractivity contribution in [2.45, 2.75) is 33.2 Å². The zero-order valence-electron chi connectivity index (χ0n) is 11.8. The second-order valence-electron chi connectivity index (χ2n) is 5.04. The standard InChI is InChI=1S/C15H18N2O2S/c1-10-4-7-15(17(18)19)14(8-10)16-11(2)9-13-6-5-12(3)20-13/h4-8,11,16H,9H2,1-3H3. The van der Waals surface area contributed by atoms with E-state index in [-0.39, 0.29) is 16.7 Å². The Morgan fingerprint density at radius 2 is 2.05 bits per heavy atom. The highest BCUT2D eigenvalue weighted by atomic mass is 32.1. The number of anilines is 1. The van der Waals surface area contributed by atoms with Crippen LogP contribution in [0.1, 0.15) is 22.2 Å². The van der Waals surface area contributed by atoms with Gasteiger partial charge in [-0.2, -0.15) is 0 Å². The third-order valence-corrected chi connectivity index (χ3v) is 4.08. The van der Waals surface area contributed by atoms with Crippen LogP contribution in [0.2, 0.25) is 0 Å². The molecule has 0 spiro atoms. The summed E-state index contributed by atoms with van der Waals surface area (Å²) in [6.07, 6.45) is 0.865. The number of nitrogens with zero attached hydrogens (tertiary/aromatic N) is 1. The molecule has 5 heteroatoms. The van der Waals surface area contributed by atoms with Crippen LogP contribution in [-0.2, 0) is 6.42 Å². The smallest absolute Gasteiger partial charge is 0.292 e. The van der Waals surface area contributed by atoms with Crippen molar-refractivity contribution in [1.29, 1.82) is 0 Å². The molecule has 1 N–H and O–H groups in total. The lowest BCUT2D eigenvalue weighted by atomic mass is 10.1. The second-order valence-corrected chi connectivity index (χ2v) is 6.41. The van der Waals surface area contributed by atoms with Crippen molar-refractivity contribution in [2.24, 2.45) is 0 Å². The predicted molar refractivity (Wildman–Crippen MR) is 83.7 cm³/mol. The summed E-state index contributed by atoms with van der Waals surface area (Å²) in [5.74, 6) is 0. The first-order chi connectivity index (χ1) is 9.45. The van der Waals surface area contributed by atoms with Gasteiger partial charge in [0.05, 0.1) is 4.92 Å². The molecule has 1 aromatic carbocycles. The number of aryl methyl sites for hydroxylation is 2. The van der Waals surface area contributed by atoms with Crippen LogP contribution in [-0.4, -0.2) is 11.0 Å². The monoisotopic (exact) mass is 290 g/mol. The summed E-state index contributed by atoms with van der Waals surface area (Å²) in [7, 11) is 0. The Labute approximate surface area is 122 Å².